The second kappa shape index (κ2) is 5.20. The lowest BCUT2D eigenvalue weighted by Gasteiger charge is -2.33. The number of fused-ring (bicyclic) bond motifs is 5. The highest BCUT2D eigenvalue weighted by molar-refractivity contribution is 5.76. The molecule has 0 spiro atoms. The highest BCUT2D eigenvalue weighted by Gasteiger charge is 2.56. The van der Waals surface area contributed by atoms with E-state index in [1.807, 2.05) is 0 Å². The lowest BCUT2D eigenvalue weighted by molar-refractivity contribution is -0.130. The van der Waals surface area contributed by atoms with Crippen LogP contribution in [-0.4, -0.2) is 60.0 Å². The summed E-state index contributed by atoms with van der Waals surface area (Å²) in [7, 11) is 0. The number of nitrogens with zero attached hydrogens (tertiary/aromatic N) is 2. The molecule has 4 saturated heterocycles. The molecule has 0 aromatic rings. The Kier molecular flexibility index (Phi) is 3.26. The first kappa shape index (κ1) is 13.8. The number of nitrogens with one attached hydrogen (secondary N) is 1. The van der Waals surface area contributed by atoms with Crippen LogP contribution in [0.15, 0.2) is 0 Å². The van der Waals surface area contributed by atoms with Crippen LogP contribution in [0.2, 0.25) is 0 Å². The summed E-state index contributed by atoms with van der Waals surface area (Å²) < 4.78 is 0. The lowest BCUT2D eigenvalue weighted by Crippen LogP contribution is -2.42. The maximum Gasteiger partial charge on any atom is 0.222 e. The van der Waals surface area contributed by atoms with E-state index in [2.05, 4.69) is 15.1 Å². The maximum atomic E-state index is 12.4. The van der Waals surface area contributed by atoms with Gasteiger partial charge in [-0.1, -0.05) is 0 Å². The van der Waals surface area contributed by atoms with Crippen LogP contribution in [0.4, 0.5) is 0 Å². The number of hydrogen-bond acceptors (Lipinski definition) is 3. The van der Waals surface area contributed by atoms with Crippen LogP contribution in [0.25, 0.3) is 0 Å². The lowest BCUT2D eigenvalue weighted by atomic mass is 9.82. The largest absolute Gasteiger partial charge is 0.342 e. The monoisotopic (exact) mass is 303 g/mol. The third kappa shape index (κ3) is 2.14. The molecule has 1 aliphatic carbocycles. The number of amides is 1. The van der Waals surface area contributed by atoms with E-state index >= 15 is 0 Å². The Balaban J connectivity index is 1.29. The smallest absolute Gasteiger partial charge is 0.222 e. The van der Waals surface area contributed by atoms with E-state index < -0.39 is 0 Å². The third-order valence-electron chi connectivity index (χ3n) is 7.20. The van der Waals surface area contributed by atoms with Crippen molar-refractivity contribution < 1.29 is 4.79 Å². The Morgan fingerprint density at radius 3 is 2.36 bits per heavy atom. The standard InChI is InChI=1S/C18H29N3O/c22-18-6-3-13(7-8-20(18)11-12-1-2-12)21-16-4-5-17(21)15-10-19-9-14(15)16/h12-17,19H,1-11H2/t13?,14-,15+,16-,17+. The van der Waals surface area contributed by atoms with Crippen LogP contribution >= 0.6 is 0 Å². The maximum absolute atomic E-state index is 12.4. The van der Waals surface area contributed by atoms with Gasteiger partial charge in [0.25, 0.3) is 0 Å². The third-order valence-corrected chi connectivity index (χ3v) is 7.20. The molecule has 5 aliphatic rings. The molecular weight excluding hydrogens is 274 g/mol. The molecule has 0 aromatic heterocycles. The minimum Gasteiger partial charge on any atom is -0.342 e. The summed E-state index contributed by atoms with van der Waals surface area (Å²) in [6.45, 7) is 4.54. The summed E-state index contributed by atoms with van der Waals surface area (Å²) in [4.78, 5) is 17.5. The molecule has 5 rings (SSSR count). The van der Waals surface area contributed by atoms with Crippen molar-refractivity contribution >= 4 is 5.91 Å². The highest BCUT2D eigenvalue weighted by atomic mass is 16.2. The molecule has 4 aliphatic heterocycles. The minimum atomic E-state index is 0.433. The summed E-state index contributed by atoms with van der Waals surface area (Å²) in [5.74, 6) is 3.07. The van der Waals surface area contributed by atoms with Crippen LogP contribution in [0, 0.1) is 17.8 Å². The van der Waals surface area contributed by atoms with E-state index in [-0.39, 0.29) is 0 Å². The van der Waals surface area contributed by atoms with Gasteiger partial charge in [-0.15, -0.1) is 0 Å². The first-order valence-electron chi connectivity index (χ1n) is 9.57. The van der Waals surface area contributed by atoms with Gasteiger partial charge in [0, 0.05) is 37.6 Å². The number of hydrogen-bond donors (Lipinski definition) is 1. The molecule has 1 N–H and O–H groups in total. The van der Waals surface area contributed by atoms with Crippen molar-refractivity contribution in [3.63, 3.8) is 0 Å². The average molecular weight is 303 g/mol. The molecule has 0 aromatic carbocycles. The number of carbonyl (C=O) groups excluding carboxylic acids is 1. The molecule has 22 heavy (non-hydrogen) atoms. The molecule has 4 nitrogen and oxygen atoms in total. The van der Waals surface area contributed by atoms with E-state index in [4.69, 9.17) is 0 Å². The van der Waals surface area contributed by atoms with Crippen LogP contribution in [0.1, 0.15) is 44.9 Å². The fourth-order valence-corrected chi connectivity index (χ4v) is 5.99. The molecule has 2 bridgehead atoms. The normalized spacial score (nSPS) is 45.4. The predicted molar refractivity (Wildman–Crippen MR) is 85.4 cm³/mol. The van der Waals surface area contributed by atoms with Gasteiger partial charge in [-0.3, -0.25) is 9.69 Å². The topological polar surface area (TPSA) is 35.6 Å². The Bertz CT molecular complexity index is 445. The summed E-state index contributed by atoms with van der Waals surface area (Å²) in [6, 6.07) is 2.32. The van der Waals surface area contributed by atoms with Crippen LogP contribution < -0.4 is 5.32 Å². The molecule has 4 heteroatoms. The molecule has 122 valence electrons. The number of rotatable bonds is 3. The van der Waals surface area contributed by atoms with E-state index in [0.29, 0.717) is 11.9 Å². The quantitative estimate of drug-likeness (QED) is 0.857. The van der Waals surface area contributed by atoms with Gasteiger partial charge < -0.3 is 10.2 Å². The number of carbonyl (C=O) groups is 1. The first-order chi connectivity index (χ1) is 10.8. The molecule has 5 atom stereocenters. The van der Waals surface area contributed by atoms with Crippen LogP contribution in [0.5, 0.6) is 0 Å². The van der Waals surface area contributed by atoms with Gasteiger partial charge in [0.1, 0.15) is 0 Å². The van der Waals surface area contributed by atoms with E-state index in [9.17, 15) is 4.79 Å². The SMILES string of the molecule is O=C1CCC(N2[C@@H]3CC[C@H]2[C@H]2CNC[C@H]23)CCN1CC1CC1. The van der Waals surface area contributed by atoms with Crippen molar-refractivity contribution in [3.05, 3.63) is 0 Å². The molecule has 1 saturated carbocycles. The van der Waals surface area contributed by atoms with Crippen molar-refractivity contribution in [2.75, 3.05) is 26.2 Å². The van der Waals surface area contributed by atoms with E-state index in [0.717, 1.165) is 55.8 Å². The van der Waals surface area contributed by atoms with Crippen LogP contribution in [0.3, 0.4) is 0 Å². The van der Waals surface area contributed by atoms with Crippen molar-refractivity contribution in [2.24, 2.45) is 17.8 Å². The molecule has 0 radical (unpaired) electrons. The van der Waals surface area contributed by atoms with E-state index in [1.165, 1.54) is 45.2 Å². The number of likely N-dealkylation sites (tertiary alicyclic amines) is 1. The van der Waals surface area contributed by atoms with Crippen molar-refractivity contribution in [3.8, 4) is 0 Å². The fraction of sp³-hybridized carbons (Fsp3) is 0.944. The highest BCUT2D eigenvalue weighted by Crippen LogP contribution is 2.49. The second-order valence-electron chi connectivity index (χ2n) is 8.41. The van der Waals surface area contributed by atoms with Gasteiger partial charge in [-0.05, 0) is 69.4 Å². The molecule has 1 unspecified atom stereocenters. The van der Waals surface area contributed by atoms with Gasteiger partial charge in [-0.25, -0.2) is 0 Å². The Labute approximate surface area is 133 Å². The minimum absolute atomic E-state index is 0.433. The first-order valence-corrected chi connectivity index (χ1v) is 9.57. The summed E-state index contributed by atoms with van der Waals surface area (Å²) >= 11 is 0. The molecule has 5 fully saturated rings. The van der Waals surface area contributed by atoms with Crippen molar-refractivity contribution in [2.45, 2.75) is 63.1 Å². The van der Waals surface area contributed by atoms with Gasteiger partial charge in [0.2, 0.25) is 5.91 Å². The van der Waals surface area contributed by atoms with Gasteiger partial charge in [0.05, 0.1) is 0 Å². The van der Waals surface area contributed by atoms with E-state index in [1.54, 1.807) is 0 Å². The second-order valence-corrected chi connectivity index (χ2v) is 8.41. The zero-order valence-corrected chi connectivity index (χ0v) is 13.5. The predicted octanol–water partition coefficient (Wildman–Crippen LogP) is 1.46. The summed E-state index contributed by atoms with van der Waals surface area (Å²) in [5.41, 5.74) is 0. The van der Waals surface area contributed by atoms with Gasteiger partial charge >= 0.3 is 0 Å². The molecule has 4 heterocycles. The molecule has 1 amide bonds. The Morgan fingerprint density at radius 1 is 0.955 bits per heavy atom. The van der Waals surface area contributed by atoms with Gasteiger partial charge in [-0.2, -0.15) is 0 Å². The fourth-order valence-electron chi connectivity index (χ4n) is 5.99. The average Bonchev–Trinajstić information content (AvgIpc) is 2.98. The van der Waals surface area contributed by atoms with Gasteiger partial charge in [0.15, 0.2) is 0 Å². The Hall–Kier alpha value is -0.610. The molecular formula is C18H29N3O. The summed E-state index contributed by atoms with van der Waals surface area (Å²) in [5, 5.41) is 3.61. The van der Waals surface area contributed by atoms with Crippen LogP contribution in [-0.2, 0) is 4.79 Å². The summed E-state index contributed by atoms with van der Waals surface area (Å²) in [6.07, 6.45) is 8.63. The van der Waals surface area contributed by atoms with Crippen molar-refractivity contribution in [1.29, 1.82) is 0 Å². The van der Waals surface area contributed by atoms with Crippen molar-refractivity contribution in [1.82, 2.24) is 15.1 Å². The zero-order chi connectivity index (χ0) is 14.7. The Morgan fingerprint density at radius 2 is 1.68 bits per heavy atom. The zero-order valence-electron chi connectivity index (χ0n) is 13.5.